The fraction of sp³-hybridized carbons (Fsp3) is 0.222. The zero-order chi connectivity index (χ0) is 20.0. The summed E-state index contributed by atoms with van der Waals surface area (Å²) in [6.07, 6.45) is 1.38. The van der Waals surface area contributed by atoms with Gasteiger partial charge in [0.05, 0.1) is 39.7 Å². The van der Waals surface area contributed by atoms with Gasteiger partial charge in [-0.15, -0.1) is 0 Å². The summed E-state index contributed by atoms with van der Waals surface area (Å²) in [7, 11) is 5.88. The number of benzene rings is 2. The standard InChI is InChI=1S/C18H18Cl2N2O5/c1-24-14-6-10(7-15(25-2)17(14)27-4)18(23)22-21-9-11-5-12(19)8-13(20)16(11)26-3/h5-9H,1-4H3,(H,22,23). The molecule has 144 valence electrons. The topological polar surface area (TPSA) is 78.4 Å². The molecule has 0 aliphatic rings. The second-order valence-corrected chi connectivity index (χ2v) is 5.97. The molecule has 0 bridgehead atoms. The van der Waals surface area contributed by atoms with Crippen molar-refractivity contribution in [3.8, 4) is 23.0 Å². The van der Waals surface area contributed by atoms with Crippen LogP contribution in [-0.4, -0.2) is 40.6 Å². The Bertz CT molecular complexity index is 846. The van der Waals surface area contributed by atoms with Crippen molar-refractivity contribution in [2.24, 2.45) is 5.10 Å². The van der Waals surface area contributed by atoms with Crippen LogP contribution in [-0.2, 0) is 0 Å². The Balaban J connectivity index is 2.25. The van der Waals surface area contributed by atoms with Crippen LogP contribution in [0, 0.1) is 0 Å². The lowest BCUT2D eigenvalue weighted by Gasteiger charge is -2.13. The van der Waals surface area contributed by atoms with Crippen LogP contribution in [0.1, 0.15) is 15.9 Å². The minimum Gasteiger partial charge on any atom is -0.495 e. The molecule has 0 aromatic heterocycles. The number of hydrogen-bond acceptors (Lipinski definition) is 6. The first-order valence-electron chi connectivity index (χ1n) is 7.61. The van der Waals surface area contributed by atoms with Gasteiger partial charge in [0, 0.05) is 16.1 Å². The Morgan fingerprint density at radius 2 is 1.52 bits per heavy atom. The van der Waals surface area contributed by atoms with E-state index in [9.17, 15) is 4.79 Å². The number of carbonyl (C=O) groups excluding carboxylic acids is 1. The smallest absolute Gasteiger partial charge is 0.271 e. The van der Waals surface area contributed by atoms with E-state index in [0.29, 0.717) is 38.6 Å². The number of nitrogens with one attached hydrogen (secondary N) is 1. The fourth-order valence-corrected chi connectivity index (χ4v) is 2.92. The van der Waals surface area contributed by atoms with Crippen LogP contribution in [0.3, 0.4) is 0 Å². The predicted octanol–water partition coefficient (Wildman–Crippen LogP) is 3.79. The molecule has 0 heterocycles. The van der Waals surface area contributed by atoms with Crippen LogP contribution in [0.15, 0.2) is 29.4 Å². The molecule has 0 radical (unpaired) electrons. The quantitative estimate of drug-likeness (QED) is 0.552. The van der Waals surface area contributed by atoms with E-state index >= 15 is 0 Å². The summed E-state index contributed by atoms with van der Waals surface area (Å²) in [5.41, 5.74) is 3.20. The number of amides is 1. The average Bonchev–Trinajstić information content (AvgIpc) is 2.66. The molecule has 9 heteroatoms. The summed E-state index contributed by atoms with van der Waals surface area (Å²) in [4.78, 5) is 12.4. The zero-order valence-electron chi connectivity index (χ0n) is 15.1. The molecule has 0 fully saturated rings. The summed E-state index contributed by atoms with van der Waals surface area (Å²) in [5, 5.41) is 4.68. The normalized spacial score (nSPS) is 10.6. The largest absolute Gasteiger partial charge is 0.495 e. The number of ether oxygens (including phenoxy) is 4. The molecule has 2 rings (SSSR count). The van der Waals surface area contributed by atoms with Crippen molar-refractivity contribution in [3.63, 3.8) is 0 Å². The van der Waals surface area contributed by atoms with E-state index in [1.165, 1.54) is 46.8 Å². The number of carbonyl (C=O) groups is 1. The van der Waals surface area contributed by atoms with Gasteiger partial charge in [0.15, 0.2) is 11.5 Å². The Morgan fingerprint density at radius 3 is 2.04 bits per heavy atom. The highest BCUT2D eigenvalue weighted by Crippen LogP contribution is 2.38. The Kier molecular flexibility index (Phi) is 7.15. The number of rotatable bonds is 7. The van der Waals surface area contributed by atoms with Gasteiger partial charge in [0.25, 0.3) is 5.91 Å². The second-order valence-electron chi connectivity index (χ2n) is 5.12. The van der Waals surface area contributed by atoms with Gasteiger partial charge in [-0.3, -0.25) is 4.79 Å². The van der Waals surface area contributed by atoms with Gasteiger partial charge < -0.3 is 18.9 Å². The van der Waals surface area contributed by atoms with Crippen LogP contribution in [0.5, 0.6) is 23.0 Å². The number of hydrazone groups is 1. The third-order valence-corrected chi connectivity index (χ3v) is 4.04. The van der Waals surface area contributed by atoms with Crippen molar-refractivity contribution < 1.29 is 23.7 Å². The summed E-state index contributed by atoms with van der Waals surface area (Å²) in [6, 6.07) is 6.20. The number of halogens is 2. The molecule has 0 aliphatic carbocycles. The minimum absolute atomic E-state index is 0.276. The molecular weight excluding hydrogens is 395 g/mol. The van der Waals surface area contributed by atoms with Crippen molar-refractivity contribution in [3.05, 3.63) is 45.4 Å². The lowest BCUT2D eigenvalue weighted by molar-refractivity contribution is 0.0954. The fourth-order valence-electron chi connectivity index (χ4n) is 2.33. The molecule has 27 heavy (non-hydrogen) atoms. The van der Waals surface area contributed by atoms with Gasteiger partial charge in [0.2, 0.25) is 5.75 Å². The molecule has 0 spiro atoms. The van der Waals surface area contributed by atoms with Crippen LogP contribution in [0.4, 0.5) is 0 Å². The van der Waals surface area contributed by atoms with E-state index < -0.39 is 5.91 Å². The van der Waals surface area contributed by atoms with E-state index in [0.717, 1.165) is 0 Å². The first-order valence-corrected chi connectivity index (χ1v) is 8.37. The molecular formula is C18H18Cl2N2O5. The first kappa shape index (κ1) is 20.7. The molecule has 2 aromatic carbocycles. The third-order valence-electron chi connectivity index (χ3n) is 3.54. The van der Waals surface area contributed by atoms with Gasteiger partial charge in [-0.25, -0.2) is 5.43 Å². The molecule has 7 nitrogen and oxygen atoms in total. The van der Waals surface area contributed by atoms with Crippen molar-refractivity contribution in [2.75, 3.05) is 28.4 Å². The monoisotopic (exact) mass is 412 g/mol. The number of nitrogens with zero attached hydrogens (tertiary/aromatic N) is 1. The van der Waals surface area contributed by atoms with Crippen molar-refractivity contribution in [1.29, 1.82) is 0 Å². The SMILES string of the molecule is COc1cc(C(=O)NN=Cc2cc(Cl)cc(Cl)c2OC)cc(OC)c1OC. The number of methoxy groups -OCH3 is 4. The highest BCUT2D eigenvalue weighted by atomic mass is 35.5. The molecule has 0 saturated carbocycles. The second kappa shape index (κ2) is 9.34. The molecule has 1 amide bonds. The number of hydrogen-bond donors (Lipinski definition) is 1. The van der Waals surface area contributed by atoms with Gasteiger partial charge in [-0.2, -0.15) is 5.10 Å². The molecule has 1 N–H and O–H groups in total. The minimum atomic E-state index is -0.474. The molecule has 0 aliphatic heterocycles. The average molecular weight is 413 g/mol. The lowest BCUT2D eigenvalue weighted by atomic mass is 10.1. The van der Waals surface area contributed by atoms with E-state index in [2.05, 4.69) is 10.5 Å². The van der Waals surface area contributed by atoms with Crippen LogP contribution in [0.25, 0.3) is 0 Å². The summed E-state index contributed by atoms with van der Waals surface area (Å²) >= 11 is 12.1. The Labute approximate surface area is 166 Å². The van der Waals surface area contributed by atoms with E-state index in [1.54, 1.807) is 12.1 Å². The van der Waals surface area contributed by atoms with Crippen LogP contribution >= 0.6 is 23.2 Å². The summed E-state index contributed by atoms with van der Waals surface area (Å²) < 4.78 is 20.9. The maximum absolute atomic E-state index is 12.4. The predicted molar refractivity (Wildman–Crippen MR) is 104 cm³/mol. The maximum Gasteiger partial charge on any atom is 0.271 e. The maximum atomic E-state index is 12.4. The van der Waals surface area contributed by atoms with Crippen LogP contribution < -0.4 is 24.4 Å². The Morgan fingerprint density at radius 1 is 0.926 bits per heavy atom. The van der Waals surface area contributed by atoms with Gasteiger partial charge >= 0.3 is 0 Å². The van der Waals surface area contributed by atoms with Crippen molar-refractivity contribution in [1.82, 2.24) is 5.43 Å². The lowest BCUT2D eigenvalue weighted by Crippen LogP contribution is -2.18. The zero-order valence-corrected chi connectivity index (χ0v) is 16.6. The first-order chi connectivity index (χ1) is 12.9. The Hall–Kier alpha value is -2.64. The third kappa shape index (κ3) is 4.75. The van der Waals surface area contributed by atoms with Crippen molar-refractivity contribution in [2.45, 2.75) is 0 Å². The molecule has 2 aromatic rings. The molecule has 0 atom stereocenters. The molecule has 0 saturated heterocycles. The van der Waals surface area contributed by atoms with E-state index in [-0.39, 0.29) is 5.56 Å². The van der Waals surface area contributed by atoms with Crippen molar-refractivity contribution >= 4 is 35.3 Å². The summed E-state index contributed by atoms with van der Waals surface area (Å²) in [5.74, 6) is 1.02. The van der Waals surface area contributed by atoms with Gasteiger partial charge in [0.1, 0.15) is 5.75 Å². The summed E-state index contributed by atoms with van der Waals surface area (Å²) in [6.45, 7) is 0. The van der Waals surface area contributed by atoms with E-state index in [4.69, 9.17) is 42.1 Å². The highest BCUT2D eigenvalue weighted by molar-refractivity contribution is 6.36. The van der Waals surface area contributed by atoms with Gasteiger partial charge in [-0.05, 0) is 24.3 Å². The van der Waals surface area contributed by atoms with E-state index in [1.807, 2.05) is 0 Å². The van der Waals surface area contributed by atoms with Gasteiger partial charge in [-0.1, -0.05) is 23.2 Å². The van der Waals surface area contributed by atoms with Crippen LogP contribution in [0.2, 0.25) is 10.0 Å². The molecule has 0 unspecified atom stereocenters. The highest BCUT2D eigenvalue weighted by Gasteiger charge is 2.17.